The Labute approximate surface area is 151 Å². The van der Waals surface area contributed by atoms with Crippen molar-refractivity contribution in [3.05, 3.63) is 35.1 Å². The molecule has 0 saturated carbocycles. The highest BCUT2D eigenvalue weighted by Crippen LogP contribution is 2.42. The summed E-state index contributed by atoms with van der Waals surface area (Å²) in [5.74, 6) is -3.14. The van der Waals surface area contributed by atoms with E-state index in [1.807, 2.05) is 11.8 Å². The number of piperazine rings is 1. The van der Waals surface area contributed by atoms with Crippen molar-refractivity contribution in [2.75, 3.05) is 39.8 Å². The Bertz CT molecular complexity index is 752. The number of carboxylic acid groups (broad SMARTS) is 1. The van der Waals surface area contributed by atoms with E-state index in [2.05, 4.69) is 7.05 Å². The summed E-state index contributed by atoms with van der Waals surface area (Å²) in [4.78, 5) is 29.1. The fraction of sp³-hybridized carbons (Fsp3) is 0.556. The van der Waals surface area contributed by atoms with Gasteiger partial charge in [-0.3, -0.25) is 4.79 Å². The summed E-state index contributed by atoms with van der Waals surface area (Å²) in [6.45, 7) is 5.39. The van der Waals surface area contributed by atoms with Crippen molar-refractivity contribution in [3.8, 4) is 0 Å². The maximum atomic E-state index is 15.0. The molecule has 2 fully saturated rings. The Morgan fingerprint density at radius 2 is 2.08 bits per heavy atom. The molecule has 3 heterocycles. The van der Waals surface area contributed by atoms with Gasteiger partial charge in [-0.25, -0.2) is 4.39 Å². The van der Waals surface area contributed by atoms with Crippen LogP contribution in [0.1, 0.15) is 6.92 Å². The summed E-state index contributed by atoms with van der Waals surface area (Å²) in [6.07, 6.45) is 2.59. The van der Waals surface area contributed by atoms with Crippen molar-refractivity contribution < 1.29 is 28.7 Å². The Kier molecular flexibility index (Phi) is 4.02. The van der Waals surface area contributed by atoms with Crippen LogP contribution in [0.3, 0.4) is 0 Å². The predicted molar refractivity (Wildman–Crippen MR) is 87.0 cm³/mol. The third kappa shape index (κ3) is 2.51. The van der Waals surface area contributed by atoms with Crippen LogP contribution in [0.15, 0.2) is 35.1 Å². The zero-order valence-electron chi connectivity index (χ0n) is 14.8. The number of ketones is 1. The molecule has 0 aromatic carbocycles. The minimum absolute atomic E-state index is 0.124. The molecule has 1 N–H and O–H groups in total. The number of quaternary nitrogens is 1. The number of carbonyl (C=O) groups excluding carboxylic acids is 2. The number of carbonyl (C=O) groups is 2. The smallest absolute Gasteiger partial charge is 0.175 e. The Hall–Kier alpha value is -2.35. The minimum Gasteiger partial charge on any atom is -0.545 e. The van der Waals surface area contributed by atoms with Gasteiger partial charge in [-0.05, 0) is 13.0 Å². The van der Waals surface area contributed by atoms with Gasteiger partial charge in [-0.15, -0.1) is 0 Å². The average Bonchev–Trinajstić information content (AvgIpc) is 2.60. The monoisotopic (exact) mass is 363 g/mol. The number of rotatable bonds is 2. The second kappa shape index (κ2) is 6.12. The third-order valence-corrected chi connectivity index (χ3v) is 5.70. The van der Waals surface area contributed by atoms with Crippen LogP contribution in [-0.4, -0.2) is 73.5 Å². The molecule has 0 aromatic heterocycles. The number of morpholine rings is 1. The number of halogens is 1. The number of allylic oxidation sites excluding steroid dienone is 1. The minimum atomic E-state index is -1.53. The van der Waals surface area contributed by atoms with E-state index >= 15 is 4.39 Å². The third-order valence-electron chi connectivity index (χ3n) is 5.70. The largest absolute Gasteiger partial charge is 0.545 e. The summed E-state index contributed by atoms with van der Waals surface area (Å²) in [5, 5.41) is 11.3. The molecule has 3 aliphatic heterocycles. The molecule has 0 spiro atoms. The Balaban J connectivity index is 1.78. The first-order valence-electron chi connectivity index (χ1n) is 8.94. The van der Waals surface area contributed by atoms with Crippen molar-refractivity contribution >= 4 is 11.8 Å². The molecule has 4 aliphatic rings. The maximum absolute atomic E-state index is 15.0. The number of aliphatic carboxylic acids is 1. The molecule has 0 amide bonds. The molecule has 0 aromatic rings. The van der Waals surface area contributed by atoms with Crippen LogP contribution in [0.25, 0.3) is 0 Å². The fourth-order valence-electron chi connectivity index (χ4n) is 4.18. The lowest BCUT2D eigenvalue weighted by atomic mass is 9.80. The molecule has 26 heavy (non-hydrogen) atoms. The molecule has 0 unspecified atom stereocenters. The molecular formula is C18H22FN3O4. The van der Waals surface area contributed by atoms with E-state index in [-0.39, 0.29) is 6.04 Å². The number of likely N-dealkylation sites (N-methyl/N-ethyl adjacent to an activating group) is 1. The molecule has 8 heteroatoms. The molecule has 7 nitrogen and oxygen atoms in total. The van der Waals surface area contributed by atoms with Gasteiger partial charge in [-0.1, -0.05) is 0 Å². The van der Waals surface area contributed by atoms with Gasteiger partial charge >= 0.3 is 0 Å². The molecule has 0 bridgehead atoms. The molecule has 1 aliphatic carbocycles. The molecule has 4 rings (SSSR count). The lowest BCUT2D eigenvalue weighted by Gasteiger charge is -2.49. The van der Waals surface area contributed by atoms with E-state index in [1.54, 1.807) is 4.90 Å². The first-order chi connectivity index (χ1) is 12.4. The summed E-state index contributed by atoms with van der Waals surface area (Å²) in [5.41, 5.74) is 0.00352. The van der Waals surface area contributed by atoms with Crippen LogP contribution in [-0.2, 0) is 14.3 Å². The SMILES string of the molecule is C[C@H]1COC2=C(N3CC[NH+](C)CC3)C(F)=C[C@H]3C(=O)C(C(=O)[O-])=CN1[C@H]23. The molecule has 2 saturated heterocycles. The maximum Gasteiger partial charge on any atom is 0.175 e. The highest BCUT2D eigenvalue weighted by molar-refractivity contribution is 6.18. The number of carboxylic acids is 1. The van der Waals surface area contributed by atoms with Crippen molar-refractivity contribution in [1.29, 1.82) is 0 Å². The van der Waals surface area contributed by atoms with Crippen LogP contribution in [0.2, 0.25) is 0 Å². The first-order valence-corrected chi connectivity index (χ1v) is 8.94. The van der Waals surface area contributed by atoms with Gasteiger partial charge < -0.3 is 29.3 Å². The van der Waals surface area contributed by atoms with E-state index < -0.39 is 35.1 Å². The summed E-state index contributed by atoms with van der Waals surface area (Å²) in [7, 11) is 2.10. The second-order valence-electron chi connectivity index (χ2n) is 7.44. The van der Waals surface area contributed by atoms with Crippen LogP contribution in [0, 0.1) is 5.92 Å². The van der Waals surface area contributed by atoms with Gasteiger partial charge in [0.15, 0.2) is 5.78 Å². The highest BCUT2D eigenvalue weighted by Gasteiger charge is 2.49. The number of hydrogen-bond acceptors (Lipinski definition) is 6. The van der Waals surface area contributed by atoms with Crippen LogP contribution >= 0.6 is 0 Å². The van der Waals surface area contributed by atoms with Crippen molar-refractivity contribution in [2.45, 2.75) is 19.0 Å². The van der Waals surface area contributed by atoms with Crippen LogP contribution in [0.4, 0.5) is 4.39 Å². The summed E-state index contributed by atoms with van der Waals surface area (Å²) in [6, 6.07) is -0.628. The van der Waals surface area contributed by atoms with Crippen molar-refractivity contribution in [3.63, 3.8) is 0 Å². The topological polar surface area (TPSA) is 77.3 Å². The molecule has 0 radical (unpaired) electrons. The Morgan fingerprint density at radius 3 is 2.73 bits per heavy atom. The number of nitrogens with zero attached hydrogens (tertiary/aromatic N) is 2. The van der Waals surface area contributed by atoms with Crippen LogP contribution < -0.4 is 10.0 Å². The van der Waals surface area contributed by atoms with Gasteiger partial charge in [0.1, 0.15) is 29.9 Å². The van der Waals surface area contributed by atoms with E-state index in [4.69, 9.17) is 4.74 Å². The molecular weight excluding hydrogens is 341 g/mol. The number of nitrogens with one attached hydrogen (secondary N) is 1. The zero-order chi connectivity index (χ0) is 18.6. The summed E-state index contributed by atoms with van der Waals surface area (Å²) >= 11 is 0. The quantitative estimate of drug-likeness (QED) is 0.562. The average molecular weight is 363 g/mol. The van der Waals surface area contributed by atoms with E-state index in [0.29, 0.717) is 31.2 Å². The van der Waals surface area contributed by atoms with E-state index in [9.17, 15) is 14.7 Å². The number of hydrogen-bond donors (Lipinski definition) is 1. The molecule has 3 atom stereocenters. The van der Waals surface area contributed by atoms with E-state index in [1.165, 1.54) is 17.2 Å². The second-order valence-corrected chi connectivity index (χ2v) is 7.44. The summed E-state index contributed by atoms with van der Waals surface area (Å²) < 4.78 is 20.9. The lowest BCUT2D eigenvalue weighted by Crippen LogP contribution is -3.11. The van der Waals surface area contributed by atoms with E-state index in [0.717, 1.165) is 13.1 Å². The molecule has 140 valence electrons. The van der Waals surface area contributed by atoms with Crippen molar-refractivity contribution in [2.24, 2.45) is 5.92 Å². The Morgan fingerprint density at radius 1 is 1.38 bits per heavy atom. The zero-order valence-corrected chi connectivity index (χ0v) is 14.8. The highest BCUT2D eigenvalue weighted by atomic mass is 19.1. The van der Waals surface area contributed by atoms with Crippen molar-refractivity contribution in [1.82, 2.24) is 9.80 Å². The van der Waals surface area contributed by atoms with Gasteiger partial charge in [0.2, 0.25) is 0 Å². The van der Waals surface area contributed by atoms with Crippen LogP contribution in [0.5, 0.6) is 0 Å². The number of ether oxygens (including phenoxy) is 1. The predicted octanol–water partition coefficient (Wildman–Crippen LogP) is -2.18. The normalized spacial score (nSPS) is 32.0. The van der Waals surface area contributed by atoms with Gasteiger partial charge in [-0.2, -0.15) is 0 Å². The van der Waals surface area contributed by atoms with Gasteiger partial charge in [0.25, 0.3) is 0 Å². The van der Waals surface area contributed by atoms with Gasteiger partial charge in [0.05, 0.1) is 56.7 Å². The fourth-order valence-corrected chi connectivity index (χ4v) is 4.18. The first kappa shape index (κ1) is 17.1. The number of Topliss-reactive ketones (excluding diaryl/α,β-unsaturated/α-hetero) is 1. The lowest BCUT2D eigenvalue weighted by molar-refractivity contribution is -0.884. The standard InChI is InChI=1S/C18H22FN3O4/c1-10-9-26-17-14-11(16(23)12(18(24)25)8-22(10)14)7-13(19)15(17)21-5-3-20(2)4-6-21/h7-8,10-11,14H,3-6,9H2,1-2H3,(H,24,25)/t10-,11+,14-/m0/s1. The van der Waals surface area contributed by atoms with Gasteiger partial charge in [0, 0.05) is 6.20 Å².